The molecule has 0 saturated heterocycles. The summed E-state index contributed by atoms with van der Waals surface area (Å²) >= 11 is 0. The third-order valence-corrected chi connectivity index (χ3v) is 2.46. The van der Waals surface area contributed by atoms with Crippen LogP contribution >= 0.6 is 0 Å². The quantitative estimate of drug-likeness (QED) is 0.810. The van der Waals surface area contributed by atoms with Crippen molar-refractivity contribution in [3.63, 3.8) is 0 Å². The molecule has 0 fully saturated rings. The van der Waals surface area contributed by atoms with Crippen molar-refractivity contribution in [2.75, 3.05) is 13.1 Å². The smallest absolute Gasteiger partial charge is 0.213 e. The summed E-state index contributed by atoms with van der Waals surface area (Å²) in [4.78, 5) is 8.44. The lowest BCUT2D eigenvalue weighted by Crippen LogP contribution is -2.25. The normalized spacial score (nSPS) is 16.9. The standard InChI is InChI=1S/C10H16N4O/c1-2-4-9(11-6-3-1)12-7-5-10-13-8-15-14-10/h8H,1-7H2,(H,11,12). The molecule has 0 saturated carbocycles. The van der Waals surface area contributed by atoms with Gasteiger partial charge in [0.15, 0.2) is 5.82 Å². The SMILES string of the molecule is c1nc(CCNC2=NCCCCC2)no1. The van der Waals surface area contributed by atoms with Gasteiger partial charge in [-0.2, -0.15) is 4.98 Å². The van der Waals surface area contributed by atoms with Crippen molar-refractivity contribution in [1.82, 2.24) is 15.5 Å². The second-order valence-corrected chi connectivity index (χ2v) is 3.66. The molecule has 1 N–H and O–H groups in total. The molecule has 0 radical (unpaired) electrons. The Kier molecular flexibility index (Phi) is 3.70. The number of aromatic nitrogens is 2. The highest BCUT2D eigenvalue weighted by atomic mass is 16.5. The Labute approximate surface area is 89.0 Å². The molecule has 0 bridgehead atoms. The van der Waals surface area contributed by atoms with Crippen LogP contribution in [-0.4, -0.2) is 29.1 Å². The fraction of sp³-hybridized carbons (Fsp3) is 0.700. The van der Waals surface area contributed by atoms with Crippen LogP contribution in [-0.2, 0) is 6.42 Å². The number of hydrogen-bond acceptors (Lipinski definition) is 5. The van der Waals surface area contributed by atoms with E-state index in [1.807, 2.05) is 0 Å². The van der Waals surface area contributed by atoms with Gasteiger partial charge in [-0.1, -0.05) is 11.6 Å². The van der Waals surface area contributed by atoms with Gasteiger partial charge >= 0.3 is 0 Å². The van der Waals surface area contributed by atoms with E-state index in [-0.39, 0.29) is 0 Å². The fourth-order valence-electron chi connectivity index (χ4n) is 1.64. The van der Waals surface area contributed by atoms with Gasteiger partial charge in [-0.3, -0.25) is 4.99 Å². The first-order chi connectivity index (χ1) is 7.45. The number of amidine groups is 1. The minimum absolute atomic E-state index is 0.747. The maximum Gasteiger partial charge on any atom is 0.213 e. The number of aliphatic imine (C=N–C) groups is 1. The van der Waals surface area contributed by atoms with Crippen molar-refractivity contribution >= 4 is 5.84 Å². The molecule has 1 aromatic rings. The molecule has 2 rings (SSSR count). The van der Waals surface area contributed by atoms with Gasteiger partial charge in [0.1, 0.15) is 0 Å². The van der Waals surface area contributed by atoms with Crippen molar-refractivity contribution in [1.29, 1.82) is 0 Å². The van der Waals surface area contributed by atoms with Crippen LogP contribution in [0.5, 0.6) is 0 Å². The summed E-state index contributed by atoms with van der Waals surface area (Å²) in [5.74, 6) is 1.88. The van der Waals surface area contributed by atoms with Crippen LogP contribution < -0.4 is 5.32 Å². The van der Waals surface area contributed by atoms with Crippen LogP contribution in [0.25, 0.3) is 0 Å². The summed E-state index contributed by atoms with van der Waals surface area (Å²) in [5, 5.41) is 7.08. The van der Waals surface area contributed by atoms with Crippen molar-refractivity contribution in [2.24, 2.45) is 4.99 Å². The lowest BCUT2D eigenvalue weighted by Gasteiger charge is -2.06. The van der Waals surface area contributed by atoms with Gasteiger partial charge in [0.25, 0.3) is 0 Å². The highest BCUT2D eigenvalue weighted by Crippen LogP contribution is 2.05. The van der Waals surface area contributed by atoms with E-state index in [0.29, 0.717) is 0 Å². The molecule has 0 amide bonds. The maximum atomic E-state index is 4.66. The summed E-state index contributed by atoms with van der Waals surface area (Å²) in [5.41, 5.74) is 0. The zero-order valence-corrected chi connectivity index (χ0v) is 8.78. The summed E-state index contributed by atoms with van der Waals surface area (Å²) in [6.45, 7) is 1.79. The van der Waals surface area contributed by atoms with Gasteiger partial charge in [-0.15, -0.1) is 0 Å². The van der Waals surface area contributed by atoms with E-state index >= 15 is 0 Å². The van der Waals surface area contributed by atoms with E-state index in [1.54, 1.807) is 0 Å². The zero-order valence-electron chi connectivity index (χ0n) is 8.78. The van der Waals surface area contributed by atoms with Gasteiger partial charge in [0.2, 0.25) is 6.39 Å². The maximum absolute atomic E-state index is 4.66. The van der Waals surface area contributed by atoms with E-state index < -0.39 is 0 Å². The largest absolute Gasteiger partial charge is 0.373 e. The Bertz CT molecular complexity index is 307. The van der Waals surface area contributed by atoms with Crippen LogP contribution in [0.4, 0.5) is 0 Å². The summed E-state index contributed by atoms with van der Waals surface area (Å²) in [6.07, 6.45) is 6.98. The lowest BCUT2D eigenvalue weighted by atomic mass is 10.2. The summed E-state index contributed by atoms with van der Waals surface area (Å²) in [7, 11) is 0. The number of nitrogens with one attached hydrogen (secondary N) is 1. The first-order valence-corrected chi connectivity index (χ1v) is 5.47. The van der Waals surface area contributed by atoms with Crippen LogP contribution in [0.15, 0.2) is 15.9 Å². The lowest BCUT2D eigenvalue weighted by molar-refractivity contribution is 0.410. The molecule has 0 spiro atoms. The Morgan fingerprint density at radius 1 is 1.33 bits per heavy atom. The monoisotopic (exact) mass is 208 g/mol. The molecule has 1 aliphatic rings. The van der Waals surface area contributed by atoms with Gasteiger partial charge in [-0.25, -0.2) is 0 Å². The third-order valence-electron chi connectivity index (χ3n) is 2.46. The van der Waals surface area contributed by atoms with Crippen molar-refractivity contribution in [3.05, 3.63) is 12.2 Å². The first kappa shape index (κ1) is 10.1. The van der Waals surface area contributed by atoms with E-state index in [4.69, 9.17) is 0 Å². The van der Waals surface area contributed by atoms with Crippen molar-refractivity contribution < 1.29 is 4.52 Å². The van der Waals surface area contributed by atoms with Crippen molar-refractivity contribution in [2.45, 2.75) is 32.1 Å². The molecular weight excluding hydrogens is 192 g/mol. The van der Waals surface area contributed by atoms with E-state index in [0.717, 1.165) is 37.6 Å². The molecule has 1 aliphatic heterocycles. The minimum atomic E-state index is 0.747. The zero-order chi connectivity index (χ0) is 10.3. The predicted molar refractivity (Wildman–Crippen MR) is 56.8 cm³/mol. The molecule has 82 valence electrons. The molecular formula is C10H16N4O. The molecule has 5 heteroatoms. The second kappa shape index (κ2) is 5.48. The molecule has 5 nitrogen and oxygen atoms in total. The number of hydrogen-bond donors (Lipinski definition) is 1. The molecule has 0 aliphatic carbocycles. The third kappa shape index (κ3) is 3.34. The number of nitrogens with zero attached hydrogens (tertiary/aromatic N) is 3. The van der Waals surface area contributed by atoms with Gasteiger partial charge in [-0.05, 0) is 12.8 Å². The summed E-state index contributed by atoms with van der Waals surface area (Å²) < 4.78 is 4.66. The van der Waals surface area contributed by atoms with Crippen LogP contribution in [0.3, 0.4) is 0 Å². The van der Waals surface area contributed by atoms with Crippen LogP contribution in [0.2, 0.25) is 0 Å². The molecule has 15 heavy (non-hydrogen) atoms. The fourth-order valence-corrected chi connectivity index (χ4v) is 1.64. The van der Waals surface area contributed by atoms with E-state index in [1.165, 1.54) is 25.7 Å². The average molecular weight is 208 g/mol. The van der Waals surface area contributed by atoms with Crippen molar-refractivity contribution in [3.8, 4) is 0 Å². The molecule has 0 aromatic carbocycles. The van der Waals surface area contributed by atoms with Gasteiger partial charge in [0.05, 0.1) is 5.84 Å². The highest BCUT2D eigenvalue weighted by molar-refractivity contribution is 5.82. The average Bonchev–Trinajstić information content (AvgIpc) is 2.62. The predicted octanol–water partition coefficient (Wildman–Crippen LogP) is 1.17. The van der Waals surface area contributed by atoms with Crippen LogP contribution in [0.1, 0.15) is 31.5 Å². The summed E-state index contributed by atoms with van der Waals surface area (Å²) in [6, 6.07) is 0. The minimum Gasteiger partial charge on any atom is -0.373 e. The highest BCUT2D eigenvalue weighted by Gasteiger charge is 2.04. The Hall–Kier alpha value is -1.39. The Morgan fingerprint density at radius 2 is 2.33 bits per heavy atom. The van der Waals surface area contributed by atoms with Gasteiger partial charge in [0, 0.05) is 25.9 Å². The molecule has 1 aromatic heterocycles. The second-order valence-electron chi connectivity index (χ2n) is 3.66. The Morgan fingerprint density at radius 3 is 3.20 bits per heavy atom. The Balaban J connectivity index is 1.70. The van der Waals surface area contributed by atoms with Crippen LogP contribution in [0, 0.1) is 0 Å². The topological polar surface area (TPSA) is 63.3 Å². The van der Waals surface area contributed by atoms with Gasteiger partial charge < -0.3 is 9.84 Å². The molecule has 2 heterocycles. The van der Waals surface area contributed by atoms with E-state index in [2.05, 4.69) is 25.0 Å². The number of rotatable bonds is 3. The van der Waals surface area contributed by atoms with E-state index in [9.17, 15) is 0 Å². The molecule has 0 atom stereocenters. The molecule has 0 unspecified atom stereocenters. The first-order valence-electron chi connectivity index (χ1n) is 5.47.